The van der Waals surface area contributed by atoms with Gasteiger partial charge >= 0.3 is 0 Å². The van der Waals surface area contributed by atoms with Gasteiger partial charge in [0.1, 0.15) is 0 Å². The topological polar surface area (TPSA) is 3.24 Å². The van der Waals surface area contributed by atoms with Crippen molar-refractivity contribution in [2.45, 2.75) is 12.5 Å². The first-order chi connectivity index (χ1) is 6.25. The summed E-state index contributed by atoms with van der Waals surface area (Å²) in [6.07, 6.45) is 2.97. The molecule has 0 fully saturated rings. The van der Waals surface area contributed by atoms with Gasteiger partial charge < -0.3 is 4.90 Å². The molecule has 1 aromatic carbocycles. The zero-order valence-electron chi connectivity index (χ0n) is 8.81. The van der Waals surface area contributed by atoms with Crippen LogP contribution in [0.3, 0.4) is 0 Å². The fraction of sp³-hybridized carbons (Fsp3) is 0.333. The van der Waals surface area contributed by atoms with Gasteiger partial charge in [0, 0.05) is 6.04 Å². The summed E-state index contributed by atoms with van der Waals surface area (Å²) in [6.45, 7) is 3.78. The second-order valence-electron chi connectivity index (χ2n) is 3.41. The maximum Gasteiger partial charge on any atom is 0.0376 e. The molecule has 1 unspecified atom stereocenters. The summed E-state index contributed by atoms with van der Waals surface area (Å²) >= 11 is 0. The molecule has 0 saturated heterocycles. The highest BCUT2D eigenvalue weighted by molar-refractivity contribution is 14.0. The van der Waals surface area contributed by atoms with Gasteiger partial charge in [-0.1, -0.05) is 36.4 Å². The molecule has 0 N–H and O–H groups in total. The molecule has 0 saturated carbocycles. The predicted molar refractivity (Wildman–Crippen MR) is 73.1 cm³/mol. The van der Waals surface area contributed by atoms with Crippen molar-refractivity contribution in [3.63, 3.8) is 0 Å². The second kappa shape index (κ2) is 7.01. The van der Waals surface area contributed by atoms with E-state index in [1.165, 1.54) is 5.56 Å². The minimum Gasteiger partial charge on any atom is -0.302 e. The number of nitrogens with zero attached hydrogens (tertiary/aromatic N) is 1. The molecule has 2 heteroatoms. The van der Waals surface area contributed by atoms with Gasteiger partial charge in [0.05, 0.1) is 0 Å². The largest absolute Gasteiger partial charge is 0.302 e. The summed E-state index contributed by atoms with van der Waals surface area (Å²) in [5.74, 6) is 0. The van der Waals surface area contributed by atoms with Gasteiger partial charge in [-0.05, 0) is 26.1 Å². The summed E-state index contributed by atoms with van der Waals surface area (Å²) in [6, 6.07) is 11.0. The van der Waals surface area contributed by atoms with Crippen molar-refractivity contribution in [2.24, 2.45) is 0 Å². The van der Waals surface area contributed by atoms with Crippen LogP contribution in [0.25, 0.3) is 0 Å². The zero-order valence-corrected chi connectivity index (χ0v) is 11.1. The minimum atomic E-state index is 0. The van der Waals surface area contributed by atoms with Gasteiger partial charge in [0.25, 0.3) is 0 Å². The zero-order chi connectivity index (χ0) is 9.68. The molecule has 0 aliphatic heterocycles. The molecule has 0 heterocycles. The summed E-state index contributed by atoms with van der Waals surface area (Å²) in [7, 11) is 4.20. The quantitative estimate of drug-likeness (QED) is 0.608. The van der Waals surface area contributed by atoms with Gasteiger partial charge in [0.2, 0.25) is 0 Å². The molecule has 78 valence electrons. The number of benzene rings is 1. The summed E-state index contributed by atoms with van der Waals surface area (Å²) < 4.78 is 0. The Hall–Kier alpha value is -0.350. The Bertz CT molecular complexity index is 256. The lowest BCUT2D eigenvalue weighted by atomic mass is 10.0. The fourth-order valence-electron chi connectivity index (χ4n) is 1.48. The Balaban J connectivity index is 0.00000169. The van der Waals surface area contributed by atoms with Crippen LogP contribution in [0, 0.1) is 0 Å². The lowest BCUT2D eigenvalue weighted by Gasteiger charge is -2.23. The lowest BCUT2D eigenvalue weighted by Crippen LogP contribution is -2.19. The van der Waals surface area contributed by atoms with Crippen LogP contribution in [-0.4, -0.2) is 19.0 Å². The summed E-state index contributed by atoms with van der Waals surface area (Å²) in [5, 5.41) is 0. The molecule has 0 aliphatic rings. The average Bonchev–Trinajstić information content (AvgIpc) is 2.15. The van der Waals surface area contributed by atoms with Crippen LogP contribution >= 0.6 is 24.0 Å². The standard InChI is InChI=1S/C12H17N.HI/c1-4-8-12(13(2)3)11-9-6-5-7-10-11;/h4-7,9-10,12H,1,8H2,2-3H3;1H. The molecule has 1 aromatic rings. The molecule has 14 heavy (non-hydrogen) atoms. The van der Waals surface area contributed by atoms with E-state index in [0.29, 0.717) is 6.04 Å². The third kappa shape index (κ3) is 3.80. The predicted octanol–water partition coefficient (Wildman–Crippen LogP) is 3.48. The molecule has 0 radical (unpaired) electrons. The molecule has 0 amide bonds. The molecular formula is C12H18IN. The maximum absolute atomic E-state index is 3.78. The van der Waals surface area contributed by atoms with E-state index in [4.69, 9.17) is 0 Å². The Morgan fingerprint density at radius 2 is 1.86 bits per heavy atom. The van der Waals surface area contributed by atoms with Crippen molar-refractivity contribution in [3.05, 3.63) is 48.6 Å². The van der Waals surface area contributed by atoms with E-state index in [0.717, 1.165) is 6.42 Å². The second-order valence-corrected chi connectivity index (χ2v) is 3.41. The molecular weight excluding hydrogens is 285 g/mol. The first-order valence-corrected chi connectivity index (χ1v) is 4.58. The van der Waals surface area contributed by atoms with Crippen LogP contribution in [-0.2, 0) is 0 Å². The SMILES string of the molecule is C=CCC(c1ccccc1)N(C)C.I. The van der Waals surface area contributed by atoms with Crippen LogP contribution in [0.15, 0.2) is 43.0 Å². The van der Waals surface area contributed by atoms with E-state index in [1.807, 2.05) is 12.1 Å². The van der Waals surface area contributed by atoms with Crippen molar-refractivity contribution >= 4 is 24.0 Å². The van der Waals surface area contributed by atoms with Crippen molar-refractivity contribution in [1.82, 2.24) is 4.90 Å². The Morgan fingerprint density at radius 1 is 1.29 bits per heavy atom. The van der Waals surface area contributed by atoms with Crippen molar-refractivity contribution in [2.75, 3.05) is 14.1 Å². The smallest absolute Gasteiger partial charge is 0.0376 e. The van der Waals surface area contributed by atoms with Crippen molar-refractivity contribution in [3.8, 4) is 0 Å². The van der Waals surface area contributed by atoms with Crippen LogP contribution in [0.4, 0.5) is 0 Å². The number of hydrogen-bond acceptors (Lipinski definition) is 1. The van der Waals surface area contributed by atoms with Crippen molar-refractivity contribution < 1.29 is 0 Å². The maximum atomic E-state index is 3.78. The highest BCUT2D eigenvalue weighted by Gasteiger charge is 2.10. The number of halogens is 1. The molecule has 0 aromatic heterocycles. The Labute approximate surface area is 104 Å². The van der Waals surface area contributed by atoms with Crippen molar-refractivity contribution in [1.29, 1.82) is 0 Å². The van der Waals surface area contributed by atoms with E-state index in [-0.39, 0.29) is 24.0 Å². The van der Waals surface area contributed by atoms with E-state index in [1.54, 1.807) is 0 Å². The Kier molecular flexibility index (Phi) is 6.83. The van der Waals surface area contributed by atoms with Crippen LogP contribution in [0.2, 0.25) is 0 Å². The normalized spacial score (nSPS) is 11.9. The van der Waals surface area contributed by atoms with E-state index in [9.17, 15) is 0 Å². The van der Waals surface area contributed by atoms with Gasteiger partial charge in [0.15, 0.2) is 0 Å². The van der Waals surface area contributed by atoms with Gasteiger partial charge in [-0.2, -0.15) is 0 Å². The third-order valence-electron chi connectivity index (χ3n) is 2.20. The molecule has 0 aliphatic carbocycles. The third-order valence-corrected chi connectivity index (χ3v) is 2.20. The van der Waals surface area contributed by atoms with E-state index in [2.05, 4.69) is 49.8 Å². The van der Waals surface area contributed by atoms with Crippen LogP contribution < -0.4 is 0 Å². The van der Waals surface area contributed by atoms with Gasteiger partial charge in [-0.15, -0.1) is 30.6 Å². The first-order valence-electron chi connectivity index (χ1n) is 4.58. The minimum absolute atomic E-state index is 0. The highest BCUT2D eigenvalue weighted by atomic mass is 127. The van der Waals surface area contributed by atoms with E-state index >= 15 is 0 Å². The molecule has 0 bridgehead atoms. The van der Waals surface area contributed by atoms with Crippen LogP contribution in [0.5, 0.6) is 0 Å². The fourth-order valence-corrected chi connectivity index (χ4v) is 1.48. The summed E-state index contributed by atoms with van der Waals surface area (Å²) in [5.41, 5.74) is 1.35. The number of hydrogen-bond donors (Lipinski definition) is 0. The molecule has 1 nitrogen and oxygen atoms in total. The van der Waals surface area contributed by atoms with Gasteiger partial charge in [-0.25, -0.2) is 0 Å². The first kappa shape index (κ1) is 13.7. The molecule has 0 spiro atoms. The Morgan fingerprint density at radius 3 is 2.29 bits per heavy atom. The van der Waals surface area contributed by atoms with Gasteiger partial charge in [-0.3, -0.25) is 0 Å². The monoisotopic (exact) mass is 303 g/mol. The molecule has 1 rings (SSSR count). The summed E-state index contributed by atoms with van der Waals surface area (Å²) in [4.78, 5) is 2.22. The number of rotatable bonds is 4. The lowest BCUT2D eigenvalue weighted by molar-refractivity contribution is 0.301. The molecule has 1 atom stereocenters. The van der Waals surface area contributed by atoms with Crippen LogP contribution in [0.1, 0.15) is 18.0 Å². The highest BCUT2D eigenvalue weighted by Crippen LogP contribution is 2.21. The average molecular weight is 303 g/mol. The van der Waals surface area contributed by atoms with E-state index < -0.39 is 0 Å².